The predicted octanol–water partition coefficient (Wildman–Crippen LogP) is 5.59. The zero-order valence-corrected chi connectivity index (χ0v) is 22.2. The van der Waals surface area contributed by atoms with E-state index < -0.39 is 11.7 Å². The normalized spacial score (nSPS) is 21.1. The van der Waals surface area contributed by atoms with E-state index in [9.17, 15) is 9.59 Å². The summed E-state index contributed by atoms with van der Waals surface area (Å²) in [5, 5.41) is 5.63. The molecule has 194 valence electrons. The molecule has 2 amide bonds. The highest BCUT2D eigenvalue weighted by Crippen LogP contribution is 2.31. The van der Waals surface area contributed by atoms with Crippen LogP contribution in [0.5, 0.6) is 0 Å². The topological polar surface area (TPSA) is 73.9 Å². The minimum absolute atomic E-state index is 0.226. The molecule has 0 bridgehead atoms. The minimum Gasteiger partial charge on any atom is -0.444 e. The number of nitrogens with one attached hydrogen (secondary N) is 2. The van der Waals surface area contributed by atoms with Gasteiger partial charge in [0.05, 0.1) is 11.4 Å². The maximum absolute atomic E-state index is 12.9. The fourth-order valence-electron chi connectivity index (χ4n) is 4.87. The van der Waals surface area contributed by atoms with Gasteiger partial charge >= 0.3 is 6.09 Å². The molecule has 2 aromatic carbocycles. The summed E-state index contributed by atoms with van der Waals surface area (Å²) in [6.07, 6.45) is 2.23. The van der Waals surface area contributed by atoms with Gasteiger partial charge in [0, 0.05) is 43.8 Å². The average Bonchev–Trinajstić information content (AvgIpc) is 3.61. The largest absolute Gasteiger partial charge is 0.444 e. The van der Waals surface area contributed by atoms with Crippen molar-refractivity contribution in [2.75, 3.05) is 30.3 Å². The molecule has 2 atom stereocenters. The SMILES string of the molecule is C[C@@H]1CN(CC2CC2)C[C@H](C)N1Cc1ccc(C(=O)Nc2ccccc2NC(=O)OC(C)(C)C)cc1. The Morgan fingerprint density at radius 2 is 1.50 bits per heavy atom. The molecule has 7 nitrogen and oxygen atoms in total. The van der Waals surface area contributed by atoms with Crippen LogP contribution in [-0.2, 0) is 11.3 Å². The predicted molar refractivity (Wildman–Crippen MR) is 144 cm³/mol. The van der Waals surface area contributed by atoms with Crippen molar-refractivity contribution in [1.82, 2.24) is 9.80 Å². The lowest BCUT2D eigenvalue weighted by Crippen LogP contribution is -2.56. The molecule has 36 heavy (non-hydrogen) atoms. The van der Waals surface area contributed by atoms with Gasteiger partial charge in [-0.2, -0.15) is 0 Å². The number of piperazine rings is 1. The van der Waals surface area contributed by atoms with E-state index in [0.29, 0.717) is 29.0 Å². The molecule has 0 spiro atoms. The monoisotopic (exact) mass is 492 g/mol. The van der Waals surface area contributed by atoms with Gasteiger partial charge in [-0.05, 0) is 83.2 Å². The molecule has 4 rings (SSSR count). The van der Waals surface area contributed by atoms with Crippen molar-refractivity contribution < 1.29 is 14.3 Å². The minimum atomic E-state index is -0.607. The molecule has 0 radical (unpaired) electrons. The number of carbonyl (C=O) groups excluding carboxylic acids is 2. The molecule has 1 saturated carbocycles. The van der Waals surface area contributed by atoms with E-state index in [-0.39, 0.29) is 5.91 Å². The number of hydrogen-bond acceptors (Lipinski definition) is 5. The van der Waals surface area contributed by atoms with E-state index in [1.807, 2.05) is 30.3 Å². The number of rotatable bonds is 7. The molecular formula is C29H40N4O3. The van der Waals surface area contributed by atoms with Crippen LogP contribution in [0.2, 0.25) is 0 Å². The number of hydrogen-bond donors (Lipinski definition) is 2. The number of nitrogens with zero attached hydrogens (tertiary/aromatic N) is 2. The molecule has 1 heterocycles. The van der Waals surface area contributed by atoms with Crippen molar-refractivity contribution >= 4 is 23.4 Å². The molecule has 0 aromatic heterocycles. The molecule has 1 aliphatic carbocycles. The van der Waals surface area contributed by atoms with E-state index in [1.165, 1.54) is 24.9 Å². The first-order valence-electron chi connectivity index (χ1n) is 13.0. The van der Waals surface area contributed by atoms with Crippen LogP contribution in [0.15, 0.2) is 48.5 Å². The third-order valence-corrected chi connectivity index (χ3v) is 6.78. The second kappa shape index (κ2) is 11.0. The van der Waals surface area contributed by atoms with Gasteiger partial charge in [0.1, 0.15) is 5.60 Å². The summed E-state index contributed by atoms with van der Waals surface area (Å²) >= 11 is 0. The average molecular weight is 493 g/mol. The highest BCUT2D eigenvalue weighted by atomic mass is 16.6. The van der Waals surface area contributed by atoms with Gasteiger partial charge < -0.3 is 10.1 Å². The van der Waals surface area contributed by atoms with E-state index >= 15 is 0 Å². The molecular weight excluding hydrogens is 452 g/mol. The maximum atomic E-state index is 12.9. The van der Waals surface area contributed by atoms with Gasteiger partial charge in [0.15, 0.2) is 0 Å². The van der Waals surface area contributed by atoms with Crippen molar-refractivity contribution in [3.8, 4) is 0 Å². The quantitative estimate of drug-likeness (QED) is 0.527. The van der Waals surface area contributed by atoms with Crippen molar-refractivity contribution in [3.05, 3.63) is 59.7 Å². The van der Waals surface area contributed by atoms with Crippen molar-refractivity contribution in [3.63, 3.8) is 0 Å². The smallest absolute Gasteiger partial charge is 0.412 e. The van der Waals surface area contributed by atoms with Crippen LogP contribution in [-0.4, -0.2) is 59.1 Å². The molecule has 2 fully saturated rings. The fraction of sp³-hybridized carbons (Fsp3) is 0.517. The van der Waals surface area contributed by atoms with E-state index in [0.717, 1.165) is 25.6 Å². The number of anilines is 2. The number of para-hydroxylation sites is 2. The van der Waals surface area contributed by atoms with E-state index in [4.69, 9.17) is 4.74 Å². The Labute approximate surface area is 215 Å². The molecule has 0 unspecified atom stereocenters. The lowest BCUT2D eigenvalue weighted by Gasteiger charge is -2.44. The molecule has 2 aromatic rings. The number of benzene rings is 2. The second-order valence-corrected chi connectivity index (χ2v) is 11.4. The Bertz CT molecular complexity index is 1050. The van der Waals surface area contributed by atoms with Crippen LogP contribution >= 0.6 is 0 Å². The first kappa shape index (κ1) is 26.2. The Hall–Kier alpha value is -2.90. The second-order valence-electron chi connectivity index (χ2n) is 11.4. The third kappa shape index (κ3) is 7.31. The van der Waals surface area contributed by atoms with Gasteiger partial charge in [-0.15, -0.1) is 0 Å². The van der Waals surface area contributed by atoms with Crippen LogP contribution in [0.3, 0.4) is 0 Å². The summed E-state index contributed by atoms with van der Waals surface area (Å²) in [7, 11) is 0. The summed E-state index contributed by atoms with van der Waals surface area (Å²) in [4.78, 5) is 30.3. The fourth-order valence-corrected chi connectivity index (χ4v) is 4.87. The van der Waals surface area contributed by atoms with Crippen LogP contribution in [0.1, 0.15) is 63.4 Å². The Morgan fingerprint density at radius 1 is 0.917 bits per heavy atom. The highest BCUT2D eigenvalue weighted by molar-refractivity contribution is 6.06. The van der Waals surface area contributed by atoms with E-state index in [1.54, 1.807) is 39.0 Å². The summed E-state index contributed by atoms with van der Waals surface area (Å²) in [6, 6.07) is 15.9. The van der Waals surface area contributed by atoms with Crippen LogP contribution in [0, 0.1) is 5.92 Å². The zero-order chi connectivity index (χ0) is 25.9. The first-order valence-corrected chi connectivity index (χ1v) is 13.0. The van der Waals surface area contributed by atoms with Crippen LogP contribution in [0.25, 0.3) is 0 Å². The van der Waals surface area contributed by atoms with Crippen molar-refractivity contribution in [1.29, 1.82) is 0 Å². The van der Waals surface area contributed by atoms with Crippen LogP contribution in [0.4, 0.5) is 16.2 Å². The standard InChI is InChI=1S/C29H40N4O3/c1-20-16-32(18-22-10-11-22)17-21(2)33(20)19-23-12-14-24(15-13-23)27(34)30-25-8-6-7-9-26(25)31-28(35)36-29(3,4)5/h6-9,12-15,20-22H,10-11,16-19H2,1-5H3,(H,30,34)(H,31,35)/t20-,21+. The Morgan fingerprint density at radius 3 is 2.06 bits per heavy atom. The molecule has 1 saturated heterocycles. The molecule has 7 heteroatoms. The summed E-state index contributed by atoms with van der Waals surface area (Å²) in [5.41, 5.74) is 2.17. The molecule has 2 N–H and O–H groups in total. The number of ether oxygens (including phenoxy) is 1. The zero-order valence-electron chi connectivity index (χ0n) is 22.2. The maximum Gasteiger partial charge on any atom is 0.412 e. The summed E-state index contributed by atoms with van der Waals surface area (Å²) in [5.74, 6) is 0.699. The summed E-state index contributed by atoms with van der Waals surface area (Å²) < 4.78 is 5.33. The van der Waals surface area contributed by atoms with Crippen LogP contribution < -0.4 is 10.6 Å². The lowest BCUT2D eigenvalue weighted by molar-refractivity contribution is 0.0307. The van der Waals surface area contributed by atoms with E-state index in [2.05, 4.69) is 34.3 Å². The van der Waals surface area contributed by atoms with Crippen molar-refractivity contribution in [2.45, 2.75) is 71.7 Å². The van der Waals surface area contributed by atoms with Gasteiger partial charge in [0.25, 0.3) is 5.91 Å². The lowest BCUT2D eigenvalue weighted by atomic mass is 10.0. The third-order valence-electron chi connectivity index (χ3n) is 6.78. The number of carbonyl (C=O) groups is 2. The van der Waals surface area contributed by atoms with Gasteiger partial charge in [0.2, 0.25) is 0 Å². The molecule has 2 aliphatic rings. The van der Waals surface area contributed by atoms with Crippen molar-refractivity contribution in [2.24, 2.45) is 5.92 Å². The van der Waals surface area contributed by atoms with Gasteiger partial charge in [-0.1, -0.05) is 24.3 Å². The molecule has 1 aliphatic heterocycles. The van der Waals surface area contributed by atoms with Gasteiger partial charge in [-0.25, -0.2) is 4.79 Å². The summed E-state index contributed by atoms with van der Waals surface area (Å²) in [6.45, 7) is 14.4. The van der Waals surface area contributed by atoms with Gasteiger partial charge in [-0.3, -0.25) is 19.9 Å². The first-order chi connectivity index (χ1) is 17.1. The number of amides is 2. The highest BCUT2D eigenvalue weighted by Gasteiger charge is 2.32. The Kier molecular flexibility index (Phi) is 8.00. The Balaban J connectivity index is 1.34.